The summed E-state index contributed by atoms with van der Waals surface area (Å²) in [5.74, 6) is -0.204. The van der Waals surface area contributed by atoms with Crippen LogP contribution in [0.5, 0.6) is 0 Å². The van der Waals surface area contributed by atoms with E-state index in [0.29, 0.717) is 37.2 Å². The molecule has 3 N–H and O–H groups in total. The Morgan fingerprint density at radius 3 is 2.27 bits per heavy atom. The van der Waals surface area contributed by atoms with Crippen LogP contribution in [-0.2, 0) is 15.6 Å². The highest BCUT2D eigenvalue weighted by Crippen LogP contribution is 2.32. The molecule has 0 atom stereocenters. The lowest BCUT2D eigenvalue weighted by atomic mass is 9.87. The van der Waals surface area contributed by atoms with E-state index >= 15 is 0 Å². The predicted molar refractivity (Wildman–Crippen MR) is 95.8 cm³/mol. The summed E-state index contributed by atoms with van der Waals surface area (Å²) in [6, 6.07) is 9.26. The maximum atomic E-state index is 12.6. The fourth-order valence-corrected chi connectivity index (χ4v) is 3.56. The van der Waals surface area contributed by atoms with Crippen LogP contribution < -0.4 is 5.14 Å². The van der Waals surface area contributed by atoms with Crippen LogP contribution in [0.25, 0.3) is 0 Å². The molecule has 0 radical (unpaired) electrons. The molecule has 2 aromatic rings. The van der Waals surface area contributed by atoms with E-state index in [1.807, 2.05) is 19.1 Å². The van der Waals surface area contributed by atoms with Gasteiger partial charge in [-0.25, -0.2) is 13.6 Å². The number of piperidine rings is 1. The average Bonchev–Trinajstić information content (AvgIpc) is 2.62. The number of nitrogens with zero attached hydrogens (tertiary/aromatic N) is 2. The number of amides is 1. The molecule has 2 heterocycles. The summed E-state index contributed by atoms with van der Waals surface area (Å²) in [7, 11) is -3.78. The number of carbonyl (C=O) groups excluding carboxylic acids is 1. The van der Waals surface area contributed by atoms with Gasteiger partial charge in [-0.2, -0.15) is 0 Å². The van der Waals surface area contributed by atoms with Gasteiger partial charge in [-0.05, 0) is 55.7 Å². The van der Waals surface area contributed by atoms with Gasteiger partial charge in [-0.1, -0.05) is 6.07 Å². The van der Waals surface area contributed by atoms with Gasteiger partial charge in [0.25, 0.3) is 5.91 Å². The number of aromatic nitrogens is 1. The minimum atomic E-state index is -3.78. The average molecular weight is 375 g/mol. The molecule has 0 unspecified atom stereocenters. The zero-order valence-corrected chi connectivity index (χ0v) is 15.2. The Bertz CT molecular complexity index is 900. The largest absolute Gasteiger partial charge is 0.383 e. The number of benzene rings is 1. The van der Waals surface area contributed by atoms with Crippen molar-refractivity contribution in [2.75, 3.05) is 13.1 Å². The molecule has 1 aromatic carbocycles. The van der Waals surface area contributed by atoms with Gasteiger partial charge in [0.1, 0.15) is 5.60 Å². The third-order valence-corrected chi connectivity index (χ3v) is 5.62. The van der Waals surface area contributed by atoms with Gasteiger partial charge < -0.3 is 10.0 Å². The van der Waals surface area contributed by atoms with E-state index in [2.05, 4.69) is 4.98 Å². The Morgan fingerprint density at radius 1 is 1.15 bits per heavy atom. The number of aliphatic hydroxyl groups is 1. The van der Waals surface area contributed by atoms with Crippen molar-refractivity contribution >= 4 is 15.9 Å². The van der Waals surface area contributed by atoms with Crippen LogP contribution in [0.2, 0.25) is 0 Å². The Morgan fingerprint density at radius 2 is 1.77 bits per heavy atom. The van der Waals surface area contributed by atoms with E-state index in [9.17, 15) is 18.3 Å². The molecule has 8 heteroatoms. The van der Waals surface area contributed by atoms with Crippen LogP contribution in [0.1, 0.15) is 34.5 Å². The van der Waals surface area contributed by atoms with Crippen LogP contribution in [0.4, 0.5) is 0 Å². The lowest BCUT2D eigenvalue weighted by Gasteiger charge is -2.37. The fraction of sp³-hybridized carbons (Fsp3) is 0.333. The van der Waals surface area contributed by atoms with Crippen molar-refractivity contribution in [3.8, 4) is 0 Å². The molecule has 3 rings (SSSR count). The van der Waals surface area contributed by atoms with Crippen molar-refractivity contribution < 1.29 is 18.3 Å². The first-order valence-electron chi connectivity index (χ1n) is 8.27. The number of sulfonamides is 1. The summed E-state index contributed by atoms with van der Waals surface area (Å²) in [6.45, 7) is 2.72. The minimum Gasteiger partial charge on any atom is -0.383 e. The molecule has 1 aliphatic rings. The lowest BCUT2D eigenvalue weighted by molar-refractivity contribution is -0.0244. The summed E-state index contributed by atoms with van der Waals surface area (Å²) < 4.78 is 22.6. The van der Waals surface area contributed by atoms with Crippen LogP contribution >= 0.6 is 0 Å². The van der Waals surface area contributed by atoms with Crippen molar-refractivity contribution in [2.24, 2.45) is 5.14 Å². The fourth-order valence-electron chi connectivity index (χ4n) is 3.05. The third-order valence-electron chi connectivity index (χ3n) is 4.70. The standard InChI is InChI=1S/C18H21N3O4S/c1-13-2-7-16(20-12-13)18(23)8-10-21(11-9-18)17(22)14-3-5-15(6-4-14)26(19,24)25/h2-7,12,23H,8-11H2,1H3,(H2,19,24,25). The second-order valence-corrected chi connectivity index (χ2v) is 8.18. The molecule has 1 saturated heterocycles. The first-order valence-corrected chi connectivity index (χ1v) is 9.81. The second-order valence-electron chi connectivity index (χ2n) is 6.61. The van der Waals surface area contributed by atoms with Gasteiger partial charge in [0.15, 0.2) is 0 Å². The van der Waals surface area contributed by atoms with E-state index in [4.69, 9.17) is 5.14 Å². The van der Waals surface area contributed by atoms with Crippen molar-refractivity contribution in [3.05, 3.63) is 59.4 Å². The van der Waals surface area contributed by atoms with Gasteiger partial charge in [-0.15, -0.1) is 0 Å². The molecular formula is C18H21N3O4S. The molecule has 1 aromatic heterocycles. The maximum absolute atomic E-state index is 12.6. The van der Waals surface area contributed by atoms with Crippen molar-refractivity contribution in [2.45, 2.75) is 30.3 Å². The topological polar surface area (TPSA) is 114 Å². The molecule has 138 valence electrons. The smallest absolute Gasteiger partial charge is 0.253 e. The lowest BCUT2D eigenvalue weighted by Crippen LogP contribution is -2.45. The first kappa shape index (κ1) is 18.5. The number of pyridine rings is 1. The molecule has 1 amide bonds. The number of hydrogen-bond acceptors (Lipinski definition) is 5. The van der Waals surface area contributed by atoms with Crippen molar-refractivity contribution in [1.82, 2.24) is 9.88 Å². The summed E-state index contributed by atoms with van der Waals surface area (Å²) in [5.41, 5.74) is 0.985. The van der Waals surface area contributed by atoms with Crippen LogP contribution in [0.15, 0.2) is 47.5 Å². The molecule has 7 nitrogen and oxygen atoms in total. The van der Waals surface area contributed by atoms with E-state index in [1.165, 1.54) is 24.3 Å². The van der Waals surface area contributed by atoms with Crippen LogP contribution in [0, 0.1) is 6.92 Å². The van der Waals surface area contributed by atoms with Crippen molar-refractivity contribution in [1.29, 1.82) is 0 Å². The van der Waals surface area contributed by atoms with Crippen LogP contribution in [0.3, 0.4) is 0 Å². The van der Waals surface area contributed by atoms with E-state index in [-0.39, 0.29) is 10.8 Å². The number of carbonyl (C=O) groups is 1. The van der Waals surface area contributed by atoms with Crippen LogP contribution in [-0.4, -0.2) is 42.4 Å². The number of primary sulfonamides is 1. The summed E-state index contributed by atoms with van der Waals surface area (Å²) >= 11 is 0. The number of rotatable bonds is 3. The van der Waals surface area contributed by atoms with Gasteiger partial charge in [0.2, 0.25) is 10.0 Å². The Hall–Kier alpha value is -2.29. The second kappa shape index (κ2) is 6.79. The quantitative estimate of drug-likeness (QED) is 0.836. The predicted octanol–water partition coefficient (Wildman–Crippen LogP) is 1.16. The Balaban J connectivity index is 1.69. The summed E-state index contributed by atoms with van der Waals surface area (Å²) in [5, 5.41) is 15.9. The Labute approximate surface area is 152 Å². The molecule has 1 aliphatic heterocycles. The molecule has 0 saturated carbocycles. The highest BCUT2D eigenvalue weighted by Gasteiger charge is 2.36. The number of aryl methyl sites for hydroxylation is 1. The first-order chi connectivity index (χ1) is 12.2. The van der Waals surface area contributed by atoms with Gasteiger partial charge in [-0.3, -0.25) is 9.78 Å². The Kier molecular flexibility index (Phi) is 4.83. The summed E-state index contributed by atoms with van der Waals surface area (Å²) in [6.07, 6.45) is 2.51. The molecule has 1 fully saturated rings. The zero-order valence-electron chi connectivity index (χ0n) is 14.4. The monoisotopic (exact) mass is 375 g/mol. The molecule has 26 heavy (non-hydrogen) atoms. The number of nitrogens with two attached hydrogens (primary N) is 1. The normalized spacial score (nSPS) is 17.1. The SMILES string of the molecule is Cc1ccc(C2(O)CCN(C(=O)c3ccc(S(N)(=O)=O)cc3)CC2)nc1. The number of likely N-dealkylation sites (tertiary alicyclic amines) is 1. The molecule has 0 bridgehead atoms. The third kappa shape index (κ3) is 3.77. The number of hydrogen-bond donors (Lipinski definition) is 2. The molecular weight excluding hydrogens is 354 g/mol. The maximum Gasteiger partial charge on any atom is 0.253 e. The molecule has 0 aliphatic carbocycles. The summed E-state index contributed by atoms with van der Waals surface area (Å²) in [4.78, 5) is 18.5. The van der Waals surface area contributed by atoms with Gasteiger partial charge in [0, 0.05) is 24.8 Å². The van der Waals surface area contributed by atoms with Crippen molar-refractivity contribution in [3.63, 3.8) is 0 Å². The van der Waals surface area contributed by atoms with Gasteiger partial charge >= 0.3 is 0 Å². The highest BCUT2D eigenvalue weighted by molar-refractivity contribution is 7.89. The minimum absolute atomic E-state index is 0.0347. The van der Waals surface area contributed by atoms with Gasteiger partial charge in [0.05, 0.1) is 10.6 Å². The van der Waals surface area contributed by atoms with E-state index in [1.54, 1.807) is 11.1 Å². The highest BCUT2D eigenvalue weighted by atomic mass is 32.2. The van der Waals surface area contributed by atoms with E-state index in [0.717, 1.165) is 5.56 Å². The van der Waals surface area contributed by atoms with E-state index < -0.39 is 15.6 Å². The molecule has 0 spiro atoms. The zero-order chi connectivity index (χ0) is 18.9.